The first-order chi connectivity index (χ1) is 13.1. The summed E-state index contributed by atoms with van der Waals surface area (Å²) in [5.41, 5.74) is 4.59. The molecule has 0 fully saturated rings. The summed E-state index contributed by atoms with van der Waals surface area (Å²) in [6, 6.07) is 16.2. The number of para-hydroxylation sites is 1. The molecule has 0 bridgehead atoms. The van der Waals surface area contributed by atoms with Crippen LogP contribution in [-0.4, -0.2) is 15.9 Å². The minimum atomic E-state index is -0.207. The van der Waals surface area contributed by atoms with E-state index in [0.29, 0.717) is 11.5 Å². The van der Waals surface area contributed by atoms with Crippen molar-refractivity contribution in [3.63, 3.8) is 0 Å². The molecule has 1 aromatic heterocycles. The topological polar surface area (TPSA) is 66.9 Å². The van der Waals surface area contributed by atoms with Gasteiger partial charge in [0.05, 0.1) is 11.6 Å². The zero-order valence-corrected chi connectivity index (χ0v) is 15.9. The van der Waals surface area contributed by atoms with Gasteiger partial charge in [-0.05, 0) is 37.0 Å². The van der Waals surface area contributed by atoms with Gasteiger partial charge >= 0.3 is 0 Å². The van der Waals surface area contributed by atoms with Gasteiger partial charge < -0.3 is 10.6 Å². The molecule has 0 saturated heterocycles. The van der Waals surface area contributed by atoms with E-state index in [2.05, 4.69) is 27.5 Å². The predicted molar refractivity (Wildman–Crippen MR) is 109 cm³/mol. The number of hydrogen-bond donors (Lipinski definition) is 2. The van der Waals surface area contributed by atoms with Crippen molar-refractivity contribution >= 4 is 17.5 Å². The van der Waals surface area contributed by atoms with Crippen LogP contribution in [0.1, 0.15) is 46.9 Å². The summed E-state index contributed by atoms with van der Waals surface area (Å²) < 4.78 is 0. The standard InChI is InChI=1S/C22H24N4O/c1-4-17-12-8-9-15(2)20(17)26-21(27)19-13-23-22(24-14-19)25-16(3)18-10-6-5-7-11-18/h5-14,16H,4H2,1-3H3,(H,26,27)(H,23,24,25). The Morgan fingerprint density at radius 1 is 1.04 bits per heavy atom. The number of amides is 1. The molecule has 5 heteroatoms. The van der Waals surface area contributed by atoms with E-state index < -0.39 is 0 Å². The van der Waals surface area contributed by atoms with Gasteiger partial charge in [-0.3, -0.25) is 4.79 Å². The average molecular weight is 360 g/mol. The number of rotatable bonds is 6. The third-order valence-electron chi connectivity index (χ3n) is 4.54. The van der Waals surface area contributed by atoms with Crippen LogP contribution in [0, 0.1) is 6.92 Å². The van der Waals surface area contributed by atoms with Crippen LogP contribution >= 0.6 is 0 Å². The van der Waals surface area contributed by atoms with Crippen molar-refractivity contribution in [1.29, 1.82) is 0 Å². The summed E-state index contributed by atoms with van der Waals surface area (Å²) in [6.07, 6.45) is 3.95. The monoisotopic (exact) mass is 360 g/mol. The van der Waals surface area contributed by atoms with Gasteiger partial charge in [-0.25, -0.2) is 9.97 Å². The van der Waals surface area contributed by atoms with Crippen LogP contribution < -0.4 is 10.6 Å². The van der Waals surface area contributed by atoms with Crippen LogP contribution in [0.25, 0.3) is 0 Å². The zero-order valence-electron chi connectivity index (χ0n) is 15.9. The van der Waals surface area contributed by atoms with E-state index in [4.69, 9.17) is 0 Å². The van der Waals surface area contributed by atoms with Gasteiger partial charge in [0.25, 0.3) is 5.91 Å². The van der Waals surface area contributed by atoms with E-state index in [9.17, 15) is 4.79 Å². The molecule has 0 saturated carbocycles. The molecule has 0 spiro atoms. The Balaban J connectivity index is 1.69. The Bertz CT molecular complexity index is 907. The minimum Gasteiger partial charge on any atom is -0.348 e. The van der Waals surface area contributed by atoms with Gasteiger partial charge in [0.2, 0.25) is 5.95 Å². The second-order valence-electron chi connectivity index (χ2n) is 6.49. The molecule has 3 aromatic rings. The summed E-state index contributed by atoms with van der Waals surface area (Å²) in [4.78, 5) is 21.2. The average Bonchev–Trinajstić information content (AvgIpc) is 2.70. The molecule has 27 heavy (non-hydrogen) atoms. The number of hydrogen-bond acceptors (Lipinski definition) is 4. The highest BCUT2D eigenvalue weighted by atomic mass is 16.1. The summed E-state index contributed by atoms with van der Waals surface area (Å²) >= 11 is 0. The third-order valence-corrected chi connectivity index (χ3v) is 4.54. The van der Waals surface area contributed by atoms with E-state index in [1.54, 1.807) is 12.4 Å². The Hall–Kier alpha value is -3.21. The fraction of sp³-hybridized carbons (Fsp3) is 0.227. The Kier molecular flexibility index (Phi) is 5.81. The lowest BCUT2D eigenvalue weighted by molar-refractivity contribution is 0.102. The van der Waals surface area contributed by atoms with Crippen molar-refractivity contribution in [3.05, 3.63) is 83.2 Å². The predicted octanol–water partition coefficient (Wildman–Crippen LogP) is 4.77. The molecule has 1 unspecified atom stereocenters. The van der Waals surface area contributed by atoms with Gasteiger partial charge in [0.15, 0.2) is 0 Å². The molecular formula is C22H24N4O. The maximum atomic E-state index is 12.6. The molecule has 138 valence electrons. The number of nitrogens with one attached hydrogen (secondary N) is 2. The normalized spacial score (nSPS) is 11.7. The largest absolute Gasteiger partial charge is 0.348 e. The quantitative estimate of drug-likeness (QED) is 0.664. The van der Waals surface area contributed by atoms with Gasteiger partial charge in [0.1, 0.15) is 0 Å². The fourth-order valence-electron chi connectivity index (χ4n) is 2.93. The molecule has 0 aliphatic carbocycles. The Morgan fingerprint density at radius 3 is 2.41 bits per heavy atom. The van der Waals surface area contributed by atoms with Crippen LogP contribution in [0.2, 0.25) is 0 Å². The van der Waals surface area contributed by atoms with Gasteiger partial charge in [-0.1, -0.05) is 55.5 Å². The van der Waals surface area contributed by atoms with Crippen molar-refractivity contribution in [2.45, 2.75) is 33.2 Å². The van der Waals surface area contributed by atoms with E-state index >= 15 is 0 Å². The first kappa shape index (κ1) is 18.6. The van der Waals surface area contributed by atoms with Crippen molar-refractivity contribution in [2.24, 2.45) is 0 Å². The Morgan fingerprint density at radius 2 is 1.74 bits per heavy atom. The van der Waals surface area contributed by atoms with Gasteiger partial charge in [0, 0.05) is 18.1 Å². The lowest BCUT2D eigenvalue weighted by Gasteiger charge is -2.15. The van der Waals surface area contributed by atoms with E-state index in [1.807, 2.05) is 62.4 Å². The van der Waals surface area contributed by atoms with Crippen molar-refractivity contribution in [3.8, 4) is 0 Å². The number of aryl methyl sites for hydroxylation is 2. The highest BCUT2D eigenvalue weighted by Crippen LogP contribution is 2.22. The first-order valence-corrected chi connectivity index (χ1v) is 9.12. The third kappa shape index (κ3) is 4.50. The molecule has 0 aliphatic heterocycles. The maximum Gasteiger partial charge on any atom is 0.258 e. The number of benzene rings is 2. The van der Waals surface area contributed by atoms with Crippen molar-refractivity contribution in [2.75, 3.05) is 10.6 Å². The van der Waals surface area contributed by atoms with E-state index in [-0.39, 0.29) is 11.9 Å². The summed E-state index contributed by atoms with van der Waals surface area (Å²) in [5, 5.41) is 6.24. The second kappa shape index (κ2) is 8.45. The highest BCUT2D eigenvalue weighted by Gasteiger charge is 2.12. The lowest BCUT2D eigenvalue weighted by Crippen LogP contribution is -2.16. The van der Waals surface area contributed by atoms with Crippen LogP contribution in [0.15, 0.2) is 60.9 Å². The summed E-state index contributed by atoms with van der Waals surface area (Å²) in [7, 11) is 0. The molecule has 0 radical (unpaired) electrons. The van der Waals surface area contributed by atoms with E-state index in [0.717, 1.165) is 28.8 Å². The molecule has 5 nitrogen and oxygen atoms in total. The molecule has 1 amide bonds. The number of anilines is 2. The van der Waals surface area contributed by atoms with Crippen molar-refractivity contribution < 1.29 is 4.79 Å². The molecule has 1 heterocycles. The maximum absolute atomic E-state index is 12.6. The highest BCUT2D eigenvalue weighted by molar-refractivity contribution is 6.04. The summed E-state index contributed by atoms with van der Waals surface area (Å²) in [5.74, 6) is 0.287. The first-order valence-electron chi connectivity index (χ1n) is 9.12. The number of nitrogens with zero attached hydrogens (tertiary/aromatic N) is 2. The molecule has 2 N–H and O–H groups in total. The molecule has 1 atom stereocenters. The molecule has 3 rings (SSSR count). The van der Waals surface area contributed by atoms with Gasteiger partial charge in [-0.2, -0.15) is 0 Å². The van der Waals surface area contributed by atoms with Crippen molar-refractivity contribution in [1.82, 2.24) is 9.97 Å². The zero-order chi connectivity index (χ0) is 19.2. The second-order valence-corrected chi connectivity index (χ2v) is 6.49. The van der Waals surface area contributed by atoms with E-state index in [1.165, 1.54) is 0 Å². The number of carbonyl (C=O) groups is 1. The number of aromatic nitrogens is 2. The van der Waals surface area contributed by atoms with Crippen LogP contribution in [-0.2, 0) is 6.42 Å². The van der Waals surface area contributed by atoms with Gasteiger partial charge in [-0.15, -0.1) is 0 Å². The summed E-state index contributed by atoms with van der Waals surface area (Å²) in [6.45, 7) is 6.11. The van der Waals surface area contributed by atoms with Crippen LogP contribution in [0.4, 0.5) is 11.6 Å². The van der Waals surface area contributed by atoms with Crippen LogP contribution in [0.5, 0.6) is 0 Å². The molecular weight excluding hydrogens is 336 g/mol. The van der Waals surface area contributed by atoms with Crippen LogP contribution in [0.3, 0.4) is 0 Å². The fourth-order valence-corrected chi connectivity index (χ4v) is 2.93. The molecule has 0 aliphatic rings. The molecule has 2 aromatic carbocycles. The minimum absolute atomic E-state index is 0.0740. The SMILES string of the molecule is CCc1cccc(C)c1NC(=O)c1cnc(NC(C)c2ccccc2)nc1. The number of carbonyl (C=O) groups excluding carboxylic acids is 1. The lowest BCUT2D eigenvalue weighted by atomic mass is 10.1. The smallest absolute Gasteiger partial charge is 0.258 e. The Labute approximate surface area is 159 Å².